The summed E-state index contributed by atoms with van der Waals surface area (Å²) in [7, 11) is 0. The molecule has 5 nitrogen and oxygen atoms in total. The van der Waals surface area contributed by atoms with Crippen LogP contribution >= 0.6 is 0 Å². The minimum absolute atomic E-state index is 0.0532. The molecule has 1 fully saturated rings. The molecule has 1 saturated heterocycles. The van der Waals surface area contributed by atoms with Crippen LogP contribution in [-0.4, -0.2) is 28.2 Å². The van der Waals surface area contributed by atoms with Crippen molar-refractivity contribution in [2.75, 3.05) is 6.61 Å². The Hall–Kier alpha value is -1.14. The van der Waals surface area contributed by atoms with Crippen molar-refractivity contribution in [2.24, 2.45) is 0 Å². The van der Waals surface area contributed by atoms with E-state index < -0.39 is 18.0 Å². The summed E-state index contributed by atoms with van der Waals surface area (Å²) in [6.07, 6.45) is 0.224. The van der Waals surface area contributed by atoms with Crippen LogP contribution < -0.4 is 0 Å². The van der Waals surface area contributed by atoms with Crippen molar-refractivity contribution in [2.45, 2.75) is 24.2 Å². The number of rotatable bonds is 1. The molecular weight excluding hydrogens is 160 g/mol. The van der Waals surface area contributed by atoms with Gasteiger partial charge in [0.2, 0.25) is 0 Å². The van der Waals surface area contributed by atoms with Crippen LogP contribution in [0.3, 0.4) is 0 Å². The molecule has 1 rings (SSSR count). The molecule has 64 valence electrons. The van der Waals surface area contributed by atoms with E-state index >= 15 is 0 Å². The summed E-state index contributed by atoms with van der Waals surface area (Å²) in [5.41, 5.74) is -1.40. The van der Waals surface area contributed by atoms with E-state index in [0.717, 1.165) is 0 Å². The van der Waals surface area contributed by atoms with Crippen molar-refractivity contribution in [1.29, 1.82) is 10.5 Å². The Balaban J connectivity index is 2.81. The van der Waals surface area contributed by atoms with Crippen LogP contribution in [0.25, 0.3) is 0 Å². The number of nitrogens with zero attached hydrogens (tertiary/aromatic N) is 2. The standard InChI is InChI=1S/C7H8N2O3/c8-3-6(5-10)1-2-7(11,4-9)12-6/h10-11H,1-2,5H2. The van der Waals surface area contributed by atoms with Crippen molar-refractivity contribution < 1.29 is 14.9 Å². The second-order valence-corrected chi connectivity index (χ2v) is 2.76. The summed E-state index contributed by atoms with van der Waals surface area (Å²) in [6.45, 7) is -0.506. The summed E-state index contributed by atoms with van der Waals surface area (Å²) < 4.78 is 4.77. The zero-order valence-corrected chi connectivity index (χ0v) is 6.32. The van der Waals surface area contributed by atoms with Gasteiger partial charge in [-0.15, -0.1) is 0 Å². The Morgan fingerprint density at radius 1 is 1.33 bits per heavy atom. The van der Waals surface area contributed by atoms with Crippen LogP contribution in [0.4, 0.5) is 0 Å². The maximum atomic E-state index is 9.25. The maximum Gasteiger partial charge on any atom is 0.258 e. The minimum Gasteiger partial charge on any atom is -0.392 e. The summed E-state index contributed by atoms with van der Waals surface area (Å²) >= 11 is 0. The highest BCUT2D eigenvalue weighted by Crippen LogP contribution is 2.35. The minimum atomic E-state index is -1.90. The van der Waals surface area contributed by atoms with Gasteiger partial charge in [-0.05, 0) is 6.42 Å². The maximum absolute atomic E-state index is 9.25. The average Bonchev–Trinajstić information content (AvgIpc) is 2.46. The largest absolute Gasteiger partial charge is 0.392 e. The molecule has 0 spiro atoms. The summed E-state index contributed by atoms with van der Waals surface area (Å²) in [4.78, 5) is 0. The molecule has 2 unspecified atom stereocenters. The van der Waals surface area contributed by atoms with Gasteiger partial charge in [0.1, 0.15) is 12.1 Å². The van der Waals surface area contributed by atoms with E-state index in [9.17, 15) is 5.11 Å². The third-order valence-electron chi connectivity index (χ3n) is 1.87. The fraction of sp³-hybridized carbons (Fsp3) is 0.714. The fourth-order valence-corrected chi connectivity index (χ4v) is 1.10. The summed E-state index contributed by atoms with van der Waals surface area (Å²) in [6, 6.07) is 3.27. The molecule has 0 aromatic carbocycles. The van der Waals surface area contributed by atoms with Gasteiger partial charge in [-0.1, -0.05) is 0 Å². The predicted octanol–water partition coefficient (Wildman–Crippen LogP) is -0.736. The van der Waals surface area contributed by atoms with Crippen molar-refractivity contribution in [3.05, 3.63) is 0 Å². The SMILES string of the molecule is N#CC1(O)CCC(C#N)(CO)O1. The lowest BCUT2D eigenvalue weighted by atomic mass is 10.0. The quantitative estimate of drug-likeness (QED) is 0.503. The average molecular weight is 168 g/mol. The highest BCUT2D eigenvalue weighted by Gasteiger charge is 2.49. The van der Waals surface area contributed by atoms with E-state index in [0.29, 0.717) is 0 Å². The smallest absolute Gasteiger partial charge is 0.258 e. The summed E-state index contributed by atoms with van der Waals surface area (Å²) in [5, 5.41) is 35.0. The van der Waals surface area contributed by atoms with E-state index in [1.54, 1.807) is 6.07 Å². The molecule has 12 heavy (non-hydrogen) atoms. The van der Waals surface area contributed by atoms with Crippen LogP contribution in [0.15, 0.2) is 0 Å². The first-order chi connectivity index (χ1) is 5.60. The molecule has 0 bridgehead atoms. The van der Waals surface area contributed by atoms with Gasteiger partial charge in [-0.2, -0.15) is 10.5 Å². The normalized spacial score (nSPS) is 40.3. The van der Waals surface area contributed by atoms with Gasteiger partial charge in [0.25, 0.3) is 5.79 Å². The number of hydrogen-bond acceptors (Lipinski definition) is 5. The van der Waals surface area contributed by atoms with Crippen LogP contribution in [0.2, 0.25) is 0 Å². The third-order valence-corrected chi connectivity index (χ3v) is 1.87. The number of aliphatic hydroxyl groups excluding tert-OH is 1. The molecule has 0 saturated carbocycles. The molecule has 2 N–H and O–H groups in total. The van der Waals surface area contributed by atoms with Crippen LogP contribution in [0.5, 0.6) is 0 Å². The van der Waals surface area contributed by atoms with E-state index in [1.807, 2.05) is 0 Å². The number of ether oxygens (including phenoxy) is 1. The molecule has 0 radical (unpaired) electrons. The molecule has 0 aromatic heterocycles. The molecule has 1 aliphatic heterocycles. The molecule has 0 aliphatic carbocycles. The lowest BCUT2D eigenvalue weighted by Gasteiger charge is -2.19. The highest BCUT2D eigenvalue weighted by molar-refractivity contribution is 5.12. The van der Waals surface area contributed by atoms with E-state index in [2.05, 4.69) is 0 Å². The van der Waals surface area contributed by atoms with Gasteiger partial charge in [0.15, 0.2) is 5.60 Å². The first kappa shape index (κ1) is 8.95. The topological polar surface area (TPSA) is 97.3 Å². The van der Waals surface area contributed by atoms with Crippen molar-refractivity contribution in [3.8, 4) is 12.1 Å². The molecule has 0 aromatic rings. The Kier molecular flexibility index (Phi) is 2.03. The van der Waals surface area contributed by atoms with Crippen molar-refractivity contribution in [3.63, 3.8) is 0 Å². The second kappa shape index (κ2) is 2.72. The molecular formula is C7H8N2O3. The van der Waals surface area contributed by atoms with E-state index in [1.165, 1.54) is 6.07 Å². The Morgan fingerprint density at radius 3 is 2.25 bits per heavy atom. The van der Waals surface area contributed by atoms with Gasteiger partial charge in [0, 0.05) is 6.42 Å². The second-order valence-electron chi connectivity index (χ2n) is 2.76. The lowest BCUT2D eigenvalue weighted by molar-refractivity contribution is -0.178. The van der Waals surface area contributed by atoms with Gasteiger partial charge in [0.05, 0.1) is 6.61 Å². The molecule has 1 heterocycles. The number of nitriles is 2. The zero-order chi connectivity index (χ0) is 9.24. The van der Waals surface area contributed by atoms with Crippen molar-refractivity contribution in [1.82, 2.24) is 0 Å². The van der Waals surface area contributed by atoms with E-state index in [4.69, 9.17) is 20.4 Å². The van der Waals surface area contributed by atoms with Gasteiger partial charge in [-0.25, -0.2) is 0 Å². The Morgan fingerprint density at radius 2 is 2.00 bits per heavy atom. The lowest BCUT2D eigenvalue weighted by Crippen LogP contribution is -2.36. The van der Waals surface area contributed by atoms with Crippen LogP contribution in [-0.2, 0) is 4.74 Å². The summed E-state index contributed by atoms with van der Waals surface area (Å²) in [5.74, 6) is -1.90. The number of hydrogen-bond donors (Lipinski definition) is 2. The fourth-order valence-electron chi connectivity index (χ4n) is 1.10. The Labute approximate surface area is 69.4 Å². The highest BCUT2D eigenvalue weighted by atomic mass is 16.6. The van der Waals surface area contributed by atoms with Crippen LogP contribution in [0.1, 0.15) is 12.8 Å². The molecule has 5 heteroatoms. The van der Waals surface area contributed by atoms with Crippen molar-refractivity contribution >= 4 is 0 Å². The number of aliphatic hydroxyl groups is 2. The van der Waals surface area contributed by atoms with Gasteiger partial charge < -0.3 is 14.9 Å². The van der Waals surface area contributed by atoms with Crippen LogP contribution in [0, 0.1) is 22.7 Å². The molecule has 0 amide bonds. The first-order valence-corrected chi connectivity index (χ1v) is 3.46. The molecule has 1 aliphatic rings. The Bertz CT molecular complexity index is 267. The van der Waals surface area contributed by atoms with Gasteiger partial charge >= 0.3 is 0 Å². The zero-order valence-electron chi connectivity index (χ0n) is 6.32. The molecule has 2 atom stereocenters. The van der Waals surface area contributed by atoms with E-state index in [-0.39, 0.29) is 12.8 Å². The predicted molar refractivity (Wildman–Crippen MR) is 36.3 cm³/mol. The van der Waals surface area contributed by atoms with Gasteiger partial charge in [-0.3, -0.25) is 0 Å². The third kappa shape index (κ3) is 1.26. The first-order valence-electron chi connectivity index (χ1n) is 3.46. The monoisotopic (exact) mass is 168 g/mol.